The Bertz CT molecular complexity index is 371. The fraction of sp³-hybridized carbons (Fsp3) is 0.562. The molecule has 1 rings (SSSR count). The zero-order valence-corrected chi connectivity index (χ0v) is 11.7. The third-order valence-electron chi connectivity index (χ3n) is 3.20. The minimum atomic E-state index is -0.164. The van der Waals surface area contributed by atoms with E-state index in [2.05, 4.69) is 19.9 Å². The van der Waals surface area contributed by atoms with E-state index in [1.807, 2.05) is 25.1 Å². The normalized spacial score (nSPS) is 12.2. The van der Waals surface area contributed by atoms with Gasteiger partial charge in [-0.1, -0.05) is 58.2 Å². The van der Waals surface area contributed by atoms with Crippen LogP contribution in [0.4, 0.5) is 0 Å². The molecule has 0 amide bonds. The molecule has 0 aromatic heterocycles. The van der Waals surface area contributed by atoms with Crippen LogP contribution in [0.2, 0.25) is 0 Å². The lowest BCUT2D eigenvalue weighted by atomic mass is 9.94. The van der Waals surface area contributed by atoms with Gasteiger partial charge in [-0.05, 0) is 24.0 Å². The van der Waals surface area contributed by atoms with Crippen LogP contribution in [0.5, 0.6) is 5.75 Å². The van der Waals surface area contributed by atoms with Gasteiger partial charge in [-0.2, -0.15) is 0 Å². The van der Waals surface area contributed by atoms with Gasteiger partial charge in [0.25, 0.3) is 0 Å². The molecule has 2 heteroatoms. The van der Waals surface area contributed by atoms with E-state index in [1.165, 1.54) is 19.3 Å². The summed E-state index contributed by atoms with van der Waals surface area (Å²) in [5.74, 6) is 1.01. The quantitative estimate of drug-likeness (QED) is 0.397. The van der Waals surface area contributed by atoms with E-state index in [1.54, 1.807) is 0 Å². The monoisotopic (exact) mass is 248 g/mol. The predicted octanol–water partition coefficient (Wildman–Crippen LogP) is 4.69. The standard InChI is InChI=1S/C16H24O2/c1-4-6-7-10-13(3)14-11-8-9-12-15(14)18-16(17)5-2/h8-9,11-13H,4-7,10H2,1-3H3. The largest absolute Gasteiger partial charge is 0.426 e. The number of hydrogen-bond donors (Lipinski definition) is 0. The van der Waals surface area contributed by atoms with E-state index in [0.29, 0.717) is 12.3 Å². The maximum Gasteiger partial charge on any atom is 0.310 e. The summed E-state index contributed by atoms with van der Waals surface area (Å²) >= 11 is 0. The Balaban J connectivity index is 2.71. The molecule has 1 atom stereocenters. The van der Waals surface area contributed by atoms with Crippen molar-refractivity contribution >= 4 is 5.97 Å². The first-order chi connectivity index (χ1) is 8.69. The molecular formula is C16H24O2. The second kappa shape index (κ2) is 7.91. The van der Waals surface area contributed by atoms with Crippen LogP contribution in [0.15, 0.2) is 24.3 Å². The zero-order chi connectivity index (χ0) is 13.4. The SMILES string of the molecule is CCCCCC(C)c1ccccc1OC(=O)CC. The highest BCUT2D eigenvalue weighted by Gasteiger charge is 2.13. The van der Waals surface area contributed by atoms with Crippen molar-refractivity contribution in [2.45, 2.75) is 58.8 Å². The van der Waals surface area contributed by atoms with Gasteiger partial charge in [0.15, 0.2) is 0 Å². The smallest absolute Gasteiger partial charge is 0.310 e. The van der Waals surface area contributed by atoms with Crippen molar-refractivity contribution in [2.24, 2.45) is 0 Å². The van der Waals surface area contributed by atoms with E-state index in [9.17, 15) is 4.79 Å². The lowest BCUT2D eigenvalue weighted by molar-refractivity contribution is -0.134. The number of ether oxygens (including phenoxy) is 1. The fourth-order valence-electron chi connectivity index (χ4n) is 2.03. The van der Waals surface area contributed by atoms with E-state index < -0.39 is 0 Å². The van der Waals surface area contributed by atoms with Gasteiger partial charge in [-0.25, -0.2) is 0 Å². The highest BCUT2D eigenvalue weighted by Crippen LogP contribution is 2.30. The molecule has 0 bridgehead atoms. The maximum absolute atomic E-state index is 11.4. The Hall–Kier alpha value is -1.31. The molecule has 0 heterocycles. The molecular weight excluding hydrogens is 224 g/mol. The predicted molar refractivity (Wildman–Crippen MR) is 74.9 cm³/mol. The topological polar surface area (TPSA) is 26.3 Å². The summed E-state index contributed by atoms with van der Waals surface area (Å²) in [7, 11) is 0. The van der Waals surface area contributed by atoms with Crippen LogP contribution in [-0.4, -0.2) is 5.97 Å². The number of carbonyl (C=O) groups is 1. The number of hydrogen-bond acceptors (Lipinski definition) is 2. The molecule has 1 aromatic rings. The molecule has 100 valence electrons. The summed E-state index contributed by atoms with van der Waals surface area (Å²) in [5, 5.41) is 0. The van der Waals surface area contributed by atoms with Gasteiger partial charge in [0.1, 0.15) is 5.75 Å². The van der Waals surface area contributed by atoms with E-state index >= 15 is 0 Å². The molecule has 0 N–H and O–H groups in total. The molecule has 0 aliphatic heterocycles. The number of esters is 1. The molecule has 1 unspecified atom stereocenters. The second-order valence-electron chi connectivity index (χ2n) is 4.76. The van der Waals surface area contributed by atoms with Crippen LogP contribution < -0.4 is 4.74 Å². The number of para-hydroxylation sites is 1. The van der Waals surface area contributed by atoms with Gasteiger partial charge in [0.2, 0.25) is 0 Å². The maximum atomic E-state index is 11.4. The Labute approximate surface area is 110 Å². The van der Waals surface area contributed by atoms with Gasteiger partial charge >= 0.3 is 5.97 Å². The minimum Gasteiger partial charge on any atom is -0.426 e. The molecule has 0 saturated carbocycles. The van der Waals surface area contributed by atoms with Crippen molar-refractivity contribution in [3.8, 4) is 5.75 Å². The van der Waals surface area contributed by atoms with Crippen LogP contribution in [0.1, 0.15) is 64.4 Å². The van der Waals surface area contributed by atoms with Gasteiger partial charge in [-0.15, -0.1) is 0 Å². The Kier molecular flexibility index (Phi) is 6.48. The second-order valence-corrected chi connectivity index (χ2v) is 4.76. The molecule has 2 nitrogen and oxygen atoms in total. The lowest BCUT2D eigenvalue weighted by Gasteiger charge is -2.15. The Morgan fingerprint density at radius 3 is 2.61 bits per heavy atom. The molecule has 1 aromatic carbocycles. The molecule has 0 aliphatic rings. The molecule has 0 fully saturated rings. The first-order valence-corrected chi connectivity index (χ1v) is 6.98. The van der Waals surface area contributed by atoms with E-state index in [4.69, 9.17) is 4.74 Å². The van der Waals surface area contributed by atoms with Crippen LogP contribution in [0.25, 0.3) is 0 Å². The van der Waals surface area contributed by atoms with Crippen LogP contribution >= 0.6 is 0 Å². The summed E-state index contributed by atoms with van der Waals surface area (Å²) in [6.07, 6.45) is 5.29. The highest BCUT2D eigenvalue weighted by atomic mass is 16.5. The third kappa shape index (κ3) is 4.52. The Morgan fingerprint density at radius 2 is 1.94 bits per heavy atom. The van der Waals surface area contributed by atoms with Crippen molar-refractivity contribution in [3.63, 3.8) is 0 Å². The first-order valence-electron chi connectivity index (χ1n) is 6.98. The minimum absolute atomic E-state index is 0.164. The van der Waals surface area contributed by atoms with Crippen LogP contribution in [0.3, 0.4) is 0 Å². The van der Waals surface area contributed by atoms with Crippen molar-refractivity contribution < 1.29 is 9.53 Å². The third-order valence-corrected chi connectivity index (χ3v) is 3.20. The summed E-state index contributed by atoms with van der Waals surface area (Å²) in [4.78, 5) is 11.4. The van der Waals surface area contributed by atoms with E-state index in [0.717, 1.165) is 17.7 Å². The fourth-order valence-corrected chi connectivity index (χ4v) is 2.03. The van der Waals surface area contributed by atoms with Gasteiger partial charge < -0.3 is 4.74 Å². The first kappa shape index (κ1) is 14.7. The number of unbranched alkanes of at least 4 members (excludes halogenated alkanes) is 2. The highest BCUT2D eigenvalue weighted by molar-refractivity contribution is 5.72. The van der Waals surface area contributed by atoms with Crippen molar-refractivity contribution in [1.82, 2.24) is 0 Å². The molecule has 0 radical (unpaired) electrons. The van der Waals surface area contributed by atoms with Crippen molar-refractivity contribution in [3.05, 3.63) is 29.8 Å². The van der Waals surface area contributed by atoms with Gasteiger partial charge in [0, 0.05) is 6.42 Å². The van der Waals surface area contributed by atoms with Crippen LogP contribution in [-0.2, 0) is 4.79 Å². The zero-order valence-electron chi connectivity index (χ0n) is 11.7. The van der Waals surface area contributed by atoms with Crippen LogP contribution in [0, 0.1) is 0 Å². The van der Waals surface area contributed by atoms with Gasteiger partial charge in [0.05, 0.1) is 0 Å². The van der Waals surface area contributed by atoms with Crippen molar-refractivity contribution in [2.75, 3.05) is 0 Å². The number of rotatable bonds is 7. The Morgan fingerprint density at radius 1 is 1.22 bits per heavy atom. The van der Waals surface area contributed by atoms with Gasteiger partial charge in [-0.3, -0.25) is 4.79 Å². The summed E-state index contributed by atoms with van der Waals surface area (Å²) in [5.41, 5.74) is 1.15. The van der Waals surface area contributed by atoms with Crippen molar-refractivity contribution in [1.29, 1.82) is 0 Å². The molecule has 0 aliphatic carbocycles. The lowest BCUT2D eigenvalue weighted by Crippen LogP contribution is -2.08. The molecule has 0 saturated heterocycles. The molecule has 0 spiro atoms. The summed E-state index contributed by atoms with van der Waals surface area (Å²) in [6.45, 7) is 6.23. The molecule has 18 heavy (non-hydrogen) atoms. The number of carbonyl (C=O) groups excluding carboxylic acids is 1. The summed E-state index contributed by atoms with van der Waals surface area (Å²) < 4.78 is 5.38. The number of benzene rings is 1. The average molecular weight is 248 g/mol. The summed E-state index contributed by atoms with van der Waals surface area (Å²) in [6, 6.07) is 7.88. The van der Waals surface area contributed by atoms with E-state index in [-0.39, 0.29) is 5.97 Å². The average Bonchev–Trinajstić information content (AvgIpc) is 2.39.